The predicted octanol–water partition coefficient (Wildman–Crippen LogP) is 2.45. The third-order valence-electron chi connectivity index (χ3n) is 2.13. The van der Waals surface area contributed by atoms with Gasteiger partial charge < -0.3 is 5.32 Å². The maximum Gasteiger partial charge on any atom is 0.257 e. The van der Waals surface area contributed by atoms with Gasteiger partial charge in [-0.25, -0.2) is 4.98 Å². The van der Waals surface area contributed by atoms with Gasteiger partial charge in [-0.3, -0.25) is 9.78 Å². The molecule has 5 heteroatoms. The molecule has 0 radical (unpaired) electrons. The van der Waals surface area contributed by atoms with Crippen LogP contribution in [0.2, 0.25) is 0 Å². The number of rotatable bonds is 3. The van der Waals surface area contributed by atoms with Gasteiger partial charge in [-0.15, -0.1) is 11.8 Å². The molecule has 86 valence electrons. The van der Waals surface area contributed by atoms with E-state index in [1.54, 1.807) is 48.6 Å². The molecule has 0 aromatic carbocycles. The van der Waals surface area contributed by atoms with Crippen molar-refractivity contribution in [3.63, 3.8) is 0 Å². The van der Waals surface area contributed by atoms with Crippen LogP contribution >= 0.6 is 11.8 Å². The van der Waals surface area contributed by atoms with Crippen molar-refractivity contribution in [3.05, 3.63) is 48.4 Å². The molecule has 0 saturated carbocycles. The van der Waals surface area contributed by atoms with E-state index in [1.165, 1.54) is 0 Å². The number of hydrogen-bond donors (Lipinski definition) is 1. The fraction of sp³-hybridized carbons (Fsp3) is 0.0833. The monoisotopic (exact) mass is 245 g/mol. The van der Waals surface area contributed by atoms with Crippen molar-refractivity contribution in [2.24, 2.45) is 0 Å². The number of pyridine rings is 2. The summed E-state index contributed by atoms with van der Waals surface area (Å²) in [4.78, 5) is 19.9. The summed E-state index contributed by atoms with van der Waals surface area (Å²) in [6.45, 7) is 0. The molecular formula is C12H11N3OS. The lowest BCUT2D eigenvalue weighted by Crippen LogP contribution is -2.12. The second-order valence-electron chi connectivity index (χ2n) is 3.29. The second kappa shape index (κ2) is 5.45. The molecule has 0 aliphatic heterocycles. The van der Waals surface area contributed by atoms with Gasteiger partial charge in [-0.2, -0.15) is 0 Å². The highest BCUT2D eigenvalue weighted by Crippen LogP contribution is 2.12. The average molecular weight is 245 g/mol. The zero-order valence-electron chi connectivity index (χ0n) is 9.25. The Morgan fingerprint density at radius 2 is 2.18 bits per heavy atom. The largest absolute Gasteiger partial charge is 0.321 e. The molecule has 2 rings (SSSR count). The number of thioether (sulfide) groups is 1. The maximum atomic E-state index is 11.8. The summed E-state index contributed by atoms with van der Waals surface area (Å²) in [5.74, 6) is -0.182. The first-order chi connectivity index (χ1) is 8.29. The first-order valence-corrected chi connectivity index (χ1v) is 6.23. The van der Waals surface area contributed by atoms with E-state index >= 15 is 0 Å². The lowest BCUT2D eigenvalue weighted by atomic mass is 10.2. The van der Waals surface area contributed by atoms with Crippen molar-refractivity contribution in [2.45, 2.75) is 5.03 Å². The predicted molar refractivity (Wildman–Crippen MR) is 68.2 cm³/mol. The molecule has 2 heterocycles. The summed E-state index contributed by atoms with van der Waals surface area (Å²) in [7, 11) is 0. The Bertz CT molecular complexity index is 499. The van der Waals surface area contributed by atoms with Crippen molar-refractivity contribution < 1.29 is 4.79 Å². The van der Waals surface area contributed by atoms with Crippen LogP contribution in [0, 0.1) is 0 Å². The Morgan fingerprint density at radius 1 is 1.29 bits per heavy atom. The van der Waals surface area contributed by atoms with Crippen molar-refractivity contribution in [1.29, 1.82) is 0 Å². The summed E-state index contributed by atoms with van der Waals surface area (Å²) >= 11 is 1.54. The van der Waals surface area contributed by atoms with Crippen LogP contribution in [-0.2, 0) is 0 Å². The molecule has 0 bridgehead atoms. The maximum absolute atomic E-state index is 11.8. The Labute approximate surface area is 103 Å². The highest BCUT2D eigenvalue weighted by molar-refractivity contribution is 7.98. The minimum Gasteiger partial charge on any atom is -0.321 e. The van der Waals surface area contributed by atoms with Crippen molar-refractivity contribution in [1.82, 2.24) is 9.97 Å². The number of nitrogens with zero attached hydrogens (tertiary/aromatic N) is 2. The fourth-order valence-electron chi connectivity index (χ4n) is 1.28. The zero-order chi connectivity index (χ0) is 12.1. The van der Waals surface area contributed by atoms with E-state index in [2.05, 4.69) is 15.3 Å². The number of amides is 1. The average Bonchev–Trinajstić information content (AvgIpc) is 2.40. The molecule has 4 nitrogen and oxygen atoms in total. The van der Waals surface area contributed by atoms with Crippen molar-refractivity contribution >= 4 is 23.4 Å². The van der Waals surface area contributed by atoms with Gasteiger partial charge in [0.2, 0.25) is 0 Å². The molecule has 2 aromatic rings. The number of nitrogens with one attached hydrogen (secondary N) is 1. The van der Waals surface area contributed by atoms with Crippen LogP contribution in [0.15, 0.2) is 47.9 Å². The molecule has 0 aliphatic carbocycles. The summed E-state index contributed by atoms with van der Waals surface area (Å²) in [6.07, 6.45) is 6.77. The number of aromatic nitrogens is 2. The van der Waals surface area contributed by atoms with E-state index in [9.17, 15) is 4.79 Å². The topological polar surface area (TPSA) is 54.9 Å². The van der Waals surface area contributed by atoms with E-state index in [0.29, 0.717) is 11.3 Å². The van der Waals surface area contributed by atoms with Crippen LogP contribution in [-0.4, -0.2) is 22.1 Å². The molecule has 1 amide bonds. The minimum atomic E-state index is -0.182. The molecule has 1 N–H and O–H groups in total. The molecule has 17 heavy (non-hydrogen) atoms. The molecule has 0 fully saturated rings. The van der Waals surface area contributed by atoms with Gasteiger partial charge in [-0.05, 0) is 30.5 Å². The van der Waals surface area contributed by atoms with E-state index in [1.807, 2.05) is 12.3 Å². The highest BCUT2D eigenvalue weighted by Gasteiger charge is 2.06. The lowest BCUT2D eigenvalue weighted by molar-refractivity contribution is 0.102. The Balaban J connectivity index is 2.09. The number of anilines is 1. The zero-order valence-corrected chi connectivity index (χ0v) is 10.1. The van der Waals surface area contributed by atoms with Crippen LogP contribution in [0.4, 0.5) is 5.69 Å². The van der Waals surface area contributed by atoms with Gasteiger partial charge in [0.15, 0.2) is 0 Å². The van der Waals surface area contributed by atoms with Crippen LogP contribution in [0.25, 0.3) is 0 Å². The number of carbonyl (C=O) groups excluding carboxylic acids is 1. The minimum absolute atomic E-state index is 0.182. The smallest absolute Gasteiger partial charge is 0.257 e. The van der Waals surface area contributed by atoms with Crippen LogP contribution < -0.4 is 5.32 Å². The quantitative estimate of drug-likeness (QED) is 0.844. The molecule has 0 atom stereocenters. The Morgan fingerprint density at radius 3 is 2.76 bits per heavy atom. The normalized spacial score (nSPS) is 9.94. The van der Waals surface area contributed by atoms with Crippen LogP contribution in [0.3, 0.4) is 0 Å². The van der Waals surface area contributed by atoms with Gasteiger partial charge in [-0.1, -0.05) is 0 Å². The Hall–Kier alpha value is -1.88. The third kappa shape index (κ3) is 3.04. The van der Waals surface area contributed by atoms with Gasteiger partial charge in [0, 0.05) is 12.4 Å². The first-order valence-electron chi connectivity index (χ1n) is 5.01. The molecule has 0 saturated heterocycles. The lowest BCUT2D eigenvalue weighted by Gasteiger charge is -2.04. The number of hydrogen-bond acceptors (Lipinski definition) is 4. The SMILES string of the molecule is CSc1ccc(C(=O)Nc2cccnc2)cn1. The first kappa shape index (κ1) is 11.6. The standard InChI is InChI=1S/C12H11N3OS/c1-17-11-5-4-9(7-14-11)12(16)15-10-3-2-6-13-8-10/h2-8H,1H3,(H,15,16). The van der Waals surface area contributed by atoms with Crippen molar-refractivity contribution in [3.8, 4) is 0 Å². The molecular weight excluding hydrogens is 234 g/mol. The molecule has 2 aromatic heterocycles. The van der Waals surface area contributed by atoms with Gasteiger partial charge >= 0.3 is 0 Å². The summed E-state index contributed by atoms with van der Waals surface area (Å²) < 4.78 is 0. The second-order valence-corrected chi connectivity index (χ2v) is 4.11. The van der Waals surface area contributed by atoms with Gasteiger partial charge in [0.05, 0.1) is 22.5 Å². The van der Waals surface area contributed by atoms with E-state index < -0.39 is 0 Å². The van der Waals surface area contributed by atoms with Crippen molar-refractivity contribution in [2.75, 3.05) is 11.6 Å². The summed E-state index contributed by atoms with van der Waals surface area (Å²) in [5.41, 5.74) is 1.21. The van der Waals surface area contributed by atoms with E-state index in [-0.39, 0.29) is 5.91 Å². The van der Waals surface area contributed by atoms with E-state index in [0.717, 1.165) is 5.03 Å². The van der Waals surface area contributed by atoms with Gasteiger partial charge in [0.1, 0.15) is 0 Å². The Kier molecular flexibility index (Phi) is 3.72. The third-order valence-corrected chi connectivity index (χ3v) is 2.79. The summed E-state index contributed by atoms with van der Waals surface area (Å²) in [6, 6.07) is 7.13. The van der Waals surface area contributed by atoms with Crippen LogP contribution in [0.1, 0.15) is 10.4 Å². The molecule has 0 unspecified atom stereocenters. The van der Waals surface area contributed by atoms with E-state index in [4.69, 9.17) is 0 Å². The highest BCUT2D eigenvalue weighted by atomic mass is 32.2. The molecule has 0 spiro atoms. The van der Waals surface area contributed by atoms with Gasteiger partial charge in [0.25, 0.3) is 5.91 Å². The molecule has 0 aliphatic rings. The fourth-order valence-corrected chi connectivity index (χ4v) is 1.64. The summed E-state index contributed by atoms with van der Waals surface area (Å²) in [5, 5.41) is 3.64. The van der Waals surface area contributed by atoms with Crippen LogP contribution in [0.5, 0.6) is 0 Å². The number of carbonyl (C=O) groups is 1.